The first-order chi connectivity index (χ1) is 14.3. The van der Waals surface area contributed by atoms with Crippen molar-refractivity contribution < 1.29 is 9.85 Å². The number of non-ortho nitro benzene ring substituents is 2. The summed E-state index contributed by atoms with van der Waals surface area (Å²) in [4.78, 5) is 28.9. The van der Waals surface area contributed by atoms with E-state index in [0.29, 0.717) is 11.4 Å². The Hall–Kier alpha value is -3.62. The van der Waals surface area contributed by atoms with Gasteiger partial charge in [-0.15, -0.1) is 0 Å². The zero-order valence-corrected chi connectivity index (χ0v) is 16.6. The van der Waals surface area contributed by atoms with Gasteiger partial charge in [0, 0.05) is 36.7 Å². The maximum atomic E-state index is 10.7. The van der Waals surface area contributed by atoms with E-state index in [0.717, 1.165) is 11.1 Å². The standard InChI is InChI=1S/C20H12Cl2N4O4/c21-17-9-15(25(27)28)5-7-19(17)23-11-13-1-2-14(4-3-13)12-24-20-8-6-16(26(29)30)10-18(20)22/h1-12H. The van der Waals surface area contributed by atoms with Crippen LogP contribution in [0.3, 0.4) is 0 Å². The van der Waals surface area contributed by atoms with Crippen LogP contribution in [0.1, 0.15) is 11.1 Å². The molecule has 3 aromatic rings. The van der Waals surface area contributed by atoms with Crippen LogP contribution in [0.2, 0.25) is 10.0 Å². The summed E-state index contributed by atoms with van der Waals surface area (Å²) in [5.74, 6) is 0. The van der Waals surface area contributed by atoms with Gasteiger partial charge in [0.2, 0.25) is 0 Å². The molecule has 0 bridgehead atoms. The Morgan fingerprint density at radius 3 is 1.33 bits per heavy atom. The number of rotatable bonds is 6. The summed E-state index contributed by atoms with van der Waals surface area (Å²) in [5.41, 5.74) is 2.21. The zero-order chi connectivity index (χ0) is 21.7. The van der Waals surface area contributed by atoms with Gasteiger partial charge in [-0.05, 0) is 23.3 Å². The van der Waals surface area contributed by atoms with Crippen LogP contribution >= 0.6 is 23.2 Å². The summed E-state index contributed by atoms with van der Waals surface area (Å²) < 4.78 is 0. The number of nitro groups is 2. The average Bonchev–Trinajstić information content (AvgIpc) is 2.72. The minimum Gasteiger partial charge on any atom is -0.258 e. The largest absolute Gasteiger partial charge is 0.271 e. The van der Waals surface area contributed by atoms with Crippen LogP contribution in [0.4, 0.5) is 22.7 Å². The van der Waals surface area contributed by atoms with E-state index >= 15 is 0 Å². The number of hydrogen-bond acceptors (Lipinski definition) is 6. The number of hydrogen-bond donors (Lipinski definition) is 0. The van der Waals surface area contributed by atoms with Gasteiger partial charge in [0.25, 0.3) is 11.4 Å². The monoisotopic (exact) mass is 442 g/mol. The predicted molar refractivity (Wildman–Crippen MR) is 117 cm³/mol. The van der Waals surface area contributed by atoms with Crippen molar-refractivity contribution in [3.05, 3.63) is 102 Å². The summed E-state index contributed by atoms with van der Waals surface area (Å²) in [6.07, 6.45) is 3.17. The molecule has 150 valence electrons. The van der Waals surface area contributed by atoms with Crippen molar-refractivity contribution in [1.29, 1.82) is 0 Å². The first kappa shape index (κ1) is 21.1. The molecule has 0 unspecified atom stereocenters. The molecule has 0 spiro atoms. The molecule has 0 aliphatic rings. The van der Waals surface area contributed by atoms with E-state index in [2.05, 4.69) is 9.98 Å². The van der Waals surface area contributed by atoms with E-state index in [1.807, 2.05) is 24.3 Å². The second-order valence-electron chi connectivity index (χ2n) is 5.97. The minimum absolute atomic E-state index is 0.101. The minimum atomic E-state index is -0.524. The second-order valence-corrected chi connectivity index (χ2v) is 6.78. The van der Waals surface area contributed by atoms with Gasteiger partial charge < -0.3 is 0 Å². The van der Waals surface area contributed by atoms with Crippen molar-refractivity contribution in [3.8, 4) is 0 Å². The molecular formula is C20H12Cl2N4O4. The third-order valence-corrected chi connectivity index (χ3v) is 4.53. The van der Waals surface area contributed by atoms with Crippen molar-refractivity contribution >= 4 is 58.4 Å². The lowest BCUT2D eigenvalue weighted by molar-refractivity contribution is -0.385. The molecule has 0 heterocycles. The van der Waals surface area contributed by atoms with E-state index in [-0.39, 0.29) is 21.4 Å². The van der Waals surface area contributed by atoms with E-state index < -0.39 is 9.85 Å². The molecule has 0 radical (unpaired) electrons. The van der Waals surface area contributed by atoms with Crippen LogP contribution < -0.4 is 0 Å². The first-order valence-electron chi connectivity index (χ1n) is 8.39. The highest BCUT2D eigenvalue weighted by atomic mass is 35.5. The lowest BCUT2D eigenvalue weighted by atomic mass is 10.1. The molecule has 0 aliphatic heterocycles. The Labute approximate surface area is 180 Å². The van der Waals surface area contributed by atoms with E-state index in [1.165, 1.54) is 36.4 Å². The molecule has 30 heavy (non-hydrogen) atoms. The maximum absolute atomic E-state index is 10.7. The van der Waals surface area contributed by atoms with Gasteiger partial charge in [-0.25, -0.2) is 0 Å². The Morgan fingerprint density at radius 2 is 1.03 bits per heavy atom. The smallest absolute Gasteiger partial charge is 0.258 e. The van der Waals surface area contributed by atoms with Crippen molar-refractivity contribution in [2.24, 2.45) is 9.98 Å². The number of nitro benzene ring substituents is 2. The quantitative estimate of drug-likeness (QED) is 0.252. The molecule has 3 aromatic carbocycles. The van der Waals surface area contributed by atoms with Crippen molar-refractivity contribution in [2.45, 2.75) is 0 Å². The molecular weight excluding hydrogens is 431 g/mol. The number of halogens is 2. The Balaban J connectivity index is 1.71. The molecule has 8 nitrogen and oxygen atoms in total. The number of benzene rings is 3. The maximum Gasteiger partial charge on any atom is 0.271 e. The van der Waals surface area contributed by atoms with Gasteiger partial charge in [0.05, 0.1) is 31.3 Å². The Bertz CT molecular complexity index is 1090. The Kier molecular flexibility index (Phi) is 6.51. The molecule has 0 saturated carbocycles. The lowest BCUT2D eigenvalue weighted by Crippen LogP contribution is -1.88. The third-order valence-electron chi connectivity index (χ3n) is 3.93. The van der Waals surface area contributed by atoms with Crippen LogP contribution in [0.5, 0.6) is 0 Å². The highest BCUT2D eigenvalue weighted by Gasteiger charge is 2.09. The first-order valence-corrected chi connectivity index (χ1v) is 9.15. The number of nitrogens with zero attached hydrogens (tertiary/aromatic N) is 4. The fourth-order valence-electron chi connectivity index (χ4n) is 2.38. The SMILES string of the molecule is O=[N+]([O-])c1ccc(N=Cc2ccc(C=Nc3ccc([N+](=O)[O-])cc3Cl)cc2)c(Cl)c1. The normalized spacial score (nSPS) is 11.3. The summed E-state index contributed by atoms with van der Waals surface area (Å²) in [6.45, 7) is 0. The molecule has 0 fully saturated rings. The second kappa shape index (κ2) is 9.25. The van der Waals surface area contributed by atoms with Crippen molar-refractivity contribution in [1.82, 2.24) is 0 Å². The fraction of sp³-hybridized carbons (Fsp3) is 0. The highest BCUT2D eigenvalue weighted by Crippen LogP contribution is 2.30. The summed E-state index contributed by atoms with van der Waals surface area (Å²) in [7, 11) is 0. The number of aliphatic imine (C=N–C) groups is 2. The van der Waals surface area contributed by atoms with Crippen molar-refractivity contribution in [3.63, 3.8) is 0 Å². The zero-order valence-electron chi connectivity index (χ0n) is 15.1. The van der Waals surface area contributed by atoms with Gasteiger partial charge in [-0.3, -0.25) is 30.2 Å². The predicted octanol–water partition coefficient (Wildman–Crippen LogP) is 6.31. The van der Waals surface area contributed by atoms with Crippen LogP contribution in [0.25, 0.3) is 0 Å². The van der Waals surface area contributed by atoms with Crippen LogP contribution in [0.15, 0.2) is 70.6 Å². The molecule has 0 saturated heterocycles. The third kappa shape index (κ3) is 5.25. The van der Waals surface area contributed by atoms with E-state index in [1.54, 1.807) is 12.4 Å². The summed E-state index contributed by atoms with van der Waals surface area (Å²) >= 11 is 12.0. The van der Waals surface area contributed by atoms with Crippen molar-refractivity contribution in [2.75, 3.05) is 0 Å². The van der Waals surface area contributed by atoms with Crippen LogP contribution in [0, 0.1) is 20.2 Å². The fourth-order valence-corrected chi connectivity index (χ4v) is 2.83. The molecule has 0 aliphatic carbocycles. The summed E-state index contributed by atoms with van der Waals surface area (Å²) in [6, 6.07) is 15.3. The van der Waals surface area contributed by atoms with Gasteiger partial charge in [0.15, 0.2) is 0 Å². The molecule has 0 aromatic heterocycles. The molecule has 0 N–H and O–H groups in total. The summed E-state index contributed by atoms with van der Waals surface area (Å²) in [5, 5.41) is 21.9. The van der Waals surface area contributed by atoms with Crippen LogP contribution in [-0.2, 0) is 0 Å². The Morgan fingerprint density at radius 1 is 0.667 bits per heavy atom. The molecule has 0 atom stereocenters. The van der Waals surface area contributed by atoms with Gasteiger partial charge >= 0.3 is 0 Å². The van der Waals surface area contributed by atoms with Gasteiger partial charge in [-0.2, -0.15) is 0 Å². The van der Waals surface area contributed by atoms with Crippen LogP contribution in [-0.4, -0.2) is 22.3 Å². The lowest BCUT2D eigenvalue weighted by Gasteiger charge is -2.00. The molecule has 0 amide bonds. The molecule has 3 rings (SSSR count). The molecule has 10 heteroatoms. The topological polar surface area (TPSA) is 111 Å². The van der Waals surface area contributed by atoms with E-state index in [4.69, 9.17) is 23.2 Å². The highest BCUT2D eigenvalue weighted by molar-refractivity contribution is 6.33. The van der Waals surface area contributed by atoms with E-state index in [9.17, 15) is 20.2 Å². The van der Waals surface area contributed by atoms with Gasteiger partial charge in [-0.1, -0.05) is 47.5 Å². The van der Waals surface area contributed by atoms with Gasteiger partial charge in [0.1, 0.15) is 0 Å². The average molecular weight is 443 g/mol.